The molecular weight excluding hydrogens is 310 g/mol. The Bertz CT molecular complexity index is 646. The molecule has 0 aromatic carbocycles. The highest BCUT2D eigenvalue weighted by Crippen LogP contribution is 2.15. The van der Waals surface area contributed by atoms with Crippen LogP contribution in [0.25, 0.3) is 0 Å². The van der Waals surface area contributed by atoms with Crippen LogP contribution in [-0.4, -0.2) is 30.8 Å². The molecular formula is C14H13NO4S2. The van der Waals surface area contributed by atoms with Crippen LogP contribution in [0.1, 0.15) is 24.2 Å². The van der Waals surface area contributed by atoms with Crippen LogP contribution < -0.4 is 5.32 Å². The van der Waals surface area contributed by atoms with E-state index in [2.05, 4.69) is 5.32 Å². The number of aryl methyl sites for hydroxylation is 1. The Morgan fingerprint density at radius 2 is 2.00 bits per heavy atom. The predicted octanol–water partition coefficient (Wildman–Crippen LogP) is 2.27. The van der Waals surface area contributed by atoms with E-state index >= 15 is 0 Å². The summed E-state index contributed by atoms with van der Waals surface area (Å²) in [6.45, 7) is 1.33. The average molecular weight is 323 g/mol. The minimum absolute atomic E-state index is 0.244. The second-order valence-electron chi connectivity index (χ2n) is 4.15. The first-order chi connectivity index (χ1) is 10.1. The van der Waals surface area contributed by atoms with E-state index in [1.54, 1.807) is 23.6 Å². The zero-order valence-electron chi connectivity index (χ0n) is 11.3. The molecule has 0 spiro atoms. The smallest absolute Gasteiger partial charge is 0.325 e. The number of ketones is 1. The SMILES string of the molecule is Cc1ccc(C(=O)COC(=O)CNC(=O)c2cccs2)s1. The summed E-state index contributed by atoms with van der Waals surface area (Å²) >= 11 is 2.64. The highest BCUT2D eigenvalue weighted by atomic mass is 32.1. The van der Waals surface area contributed by atoms with Gasteiger partial charge < -0.3 is 10.1 Å². The van der Waals surface area contributed by atoms with E-state index < -0.39 is 5.97 Å². The molecule has 21 heavy (non-hydrogen) atoms. The number of carbonyl (C=O) groups is 3. The molecule has 0 bridgehead atoms. The number of Topliss-reactive ketones (excluding diaryl/α,β-unsaturated/α-hetero) is 1. The van der Waals surface area contributed by atoms with Crippen molar-refractivity contribution < 1.29 is 19.1 Å². The fraction of sp³-hybridized carbons (Fsp3) is 0.214. The minimum Gasteiger partial charge on any atom is -0.456 e. The third-order valence-corrected chi connectivity index (χ3v) is 4.43. The number of rotatable bonds is 6. The quantitative estimate of drug-likeness (QED) is 0.654. The van der Waals surface area contributed by atoms with Gasteiger partial charge in [0.1, 0.15) is 6.54 Å². The number of carbonyl (C=O) groups excluding carboxylic acids is 3. The maximum atomic E-state index is 11.7. The van der Waals surface area contributed by atoms with Crippen LogP contribution in [0.15, 0.2) is 29.6 Å². The van der Waals surface area contributed by atoms with Gasteiger partial charge >= 0.3 is 5.97 Å². The zero-order chi connectivity index (χ0) is 15.2. The average Bonchev–Trinajstić information content (AvgIpc) is 3.13. The van der Waals surface area contributed by atoms with Crippen molar-refractivity contribution in [3.05, 3.63) is 44.3 Å². The van der Waals surface area contributed by atoms with Crippen molar-refractivity contribution >= 4 is 40.3 Å². The first kappa shape index (κ1) is 15.4. The number of esters is 1. The van der Waals surface area contributed by atoms with Crippen molar-refractivity contribution in [2.24, 2.45) is 0 Å². The van der Waals surface area contributed by atoms with Crippen molar-refractivity contribution in [2.75, 3.05) is 13.2 Å². The second-order valence-corrected chi connectivity index (χ2v) is 6.39. The molecule has 0 fully saturated rings. The number of amides is 1. The predicted molar refractivity (Wildman–Crippen MR) is 81.0 cm³/mol. The number of ether oxygens (including phenoxy) is 1. The Kier molecular flexibility index (Phi) is 5.24. The molecule has 0 unspecified atom stereocenters. The summed E-state index contributed by atoms with van der Waals surface area (Å²) in [5.41, 5.74) is 0. The van der Waals surface area contributed by atoms with Crippen LogP contribution in [0.3, 0.4) is 0 Å². The van der Waals surface area contributed by atoms with E-state index in [9.17, 15) is 14.4 Å². The van der Waals surface area contributed by atoms with Crippen LogP contribution in [0.5, 0.6) is 0 Å². The first-order valence-electron chi connectivity index (χ1n) is 6.13. The molecule has 0 aliphatic carbocycles. The van der Waals surface area contributed by atoms with Gasteiger partial charge in [-0.25, -0.2) is 0 Å². The summed E-state index contributed by atoms with van der Waals surface area (Å²) in [6.07, 6.45) is 0. The van der Waals surface area contributed by atoms with E-state index in [1.165, 1.54) is 22.7 Å². The molecule has 0 saturated heterocycles. The van der Waals surface area contributed by atoms with Crippen molar-refractivity contribution in [3.8, 4) is 0 Å². The van der Waals surface area contributed by atoms with Gasteiger partial charge in [0.2, 0.25) is 5.78 Å². The summed E-state index contributed by atoms with van der Waals surface area (Å²) in [5.74, 6) is -1.21. The standard InChI is InChI=1S/C14H13NO4S2/c1-9-4-5-11(21-9)10(16)8-19-13(17)7-15-14(18)12-3-2-6-20-12/h2-6H,7-8H2,1H3,(H,15,18). The van der Waals surface area contributed by atoms with E-state index in [4.69, 9.17) is 4.74 Å². The van der Waals surface area contributed by atoms with Gasteiger partial charge in [0.15, 0.2) is 6.61 Å². The molecule has 2 aromatic heterocycles. The molecule has 2 rings (SSSR count). The lowest BCUT2D eigenvalue weighted by molar-refractivity contribution is -0.141. The first-order valence-corrected chi connectivity index (χ1v) is 7.83. The molecule has 0 aliphatic rings. The molecule has 110 valence electrons. The number of hydrogen-bond acceptors (Lipinski definition) is 6. The van der Waals surface area contributed by atoms with Crippen molar-refractivity contribution in [3.63, 3.8) is 0 Å². The van der Waals surface area contributed by atoms with Crippen molar-refractivity contribution in [1.82, 2.24) is 5.32 Å². The van der Waals surface area contributed by atoms with Gasteiger partial charge in [-0.1, -0.05) is 6.07 Å². The number of nitrogens with one attached hydrogen (secondary N) is 1. The maximum Gasteiger partial charge on any atom is 0.325 e. The minimum atomic E-state index is -0.637. The van der Waals surface area contributed by atoms with E-state index in [-0.39, 0.29) is 24.8 Å². The lowest BCUT2D eigenvalue weighted by Crippen LogP contribution is -2.31. The Balaban J connectivity index is 1.72. The van der Waals surface area contributed by atoms with E-state index in [0.29, 0.717) is 9.75 Å². The molecule has 0 atom stereocenters. The molecule has 5 nitrogen and oxygen atoms in total. The zero-order valence-corrected chi connectivity index (χ0v) is 12.9. The van der Waals surface area contributed by atoms with Gasteiger partial charge in [-0.15, -0.1) is 22.7 Å². The Morgan fingerprint density at radius 3 is 2.62 bits per heavy atom. The van der Waals surface area contributed by atoms with Crippen LogP contribution in [0.2, 0.25) is 0 Å². The van der Waals surface area contributed by atoms with Crippen LogP contribution in [0.4, 0.5) is 0 Å². The summed E-state index contributed by atoms with van der Waals surface area (Å²) < 4.78 is 4.84. The molecule has 1 N–H and O–H groups in total. The van der Waals surface area contributed by atoms with Gasteiger partial charge in [-0.05, 0) is 30.5 Å². The normalized spacial score (nSPS) is 10.1. The molecule has 0 radical (unpaired) electrons. The van der Waals surface area contributed by atoms with Gasteiger partial charge in [0.05, 0.1) is 9.75 Å². The lowest BCUT2D eigenvalue weighted by Gasteiger charge is -2.04. The van der Waals surface area contributed by atoms with Crippen LogP contribution in [0, 0.1) is 6.92 Å². The Morgan fingerprint density at radius 1 is 1.19 bits per heavy atom. The second kappa shape index (κ2) is 7.14. The largest absolute Gasteiger partial charge is 0.456 e. The Labute approximate surface area is 129 Å². The third-order valence-electron chi connectivity index (χ3n) is 2.52. The topological polar surface area (TPSA) is 72.5 Å². The third kappa shape index (κ3) is 4.51. The lowest BCUT2D eigenvalue weighted by atomic mass is 10.3. The fourth-order valence-corrected chi connectivity index (χ4v) is 2.93. The monoisotopic (exact) mass is 323 g/mol. The molecule has 1 amide bonds. The molecule has 0 saturated carbocycles. The molecule has 0 aliphatic heterocycles. The van der Waals surface area contributed by atoms with Crippen molar-refractivity contribution in [1.29, 1.82) is 0 Å². The summed E-state index contributed by atoms with van der Waals surface area (Å²) in [6, 6.07) is 6.95. The van der Waals surface area contributed by atoms with Crippen molar-refractivity contribution in [2.45, 2.75) is 6.92 Å². The summed E-state index contributed by atoms with van der Waals surface area (Å²) in [7, 11) is 0. The molecule has 2 aromatic rings. The number of hydrogen-bond donors (Lipinski definition) is 1. The van der Waals surface area contributed by atoms with Gasteiger partial charge in [-0.2, -0.15) is 0 Å². The van der Waals surface area contributed by atoms with Gasteiger partial charge in [0, 0.05) is 4.88 Å². The fourth-order valence-electron chi connectivity index (χ4n) is 1.50. The van der Waals surface area contributed by atoms with Gasteiger partial charge in [0.25, 0.3) is 5.91 Å². The maximum absolute atomic E-state index is 11.7. The van der Waals surface area contributed by atoms with Crippen LogP contribution >= 0.6 is 22.7 Å². The van der Waals surface area contributed by atoms with Crippen LogP contribution in [-0.2, 0) is 9.53 Å². The number of thiophene rings is 2. The summed E-state index contributed by atoms with van der Waals surface area (Å²) in [4.78, 5) is 36.9. The van der Waals surface area contributed by atoms with E-state index in [0.717, 1.165) is 4.88 Å². The molecule has 2 heterocycles. The highest BCUT2D eigenvalue weighted by molar-refractivity contribution is 7.14. The highest BCUT2D eigenvalue weighted by Gasteiger charge is 2.13. The Hall–Kier alpha value is -1.99. The summed E-state index contributed by atoms with van der Waals surface area (Å²) in [5, 5.41) is 4.21. The van der Waals surface area contributed by atoms with E-state index in [1.807, 2.05) is 13.0 Å². The van der Waals surface area contributed by atoms with Gasteiger partial charge in [-0.3, -0.25) is 14.4 Å². The molecule has 7 heteroatoms.